The number of Topliss-reactive ketones (excluding diaryl/α,β-unsaturated/α-hetero) is 1. The molecular formula is C31H46FN3O3. The third-order valence-corrected chi connectivity index (χ3v) is 5.64. The Kier molecular flexibility index (Phi) is 17.8. The van der Waals surface area contributed by atoms with Gasteiger partial charge in [0, 0.05) is 31.9 Å². The Bertz CT molecular complexity index is 1050. The summed E-state index contributed by atoms with van der Waals surface area (Å²) in [6.07, 6.45) is 11.4. The minimum Gasteiger partial charge on any atom is -0.508 e. The van der Waals surface area contributed by atoms with Crippen LogP contribution < -0.4 is 5.32 Å². The van der Waals surface area contributed by atoms with Gasteiger partial charge in [-0.05, 0) is 67.4 Å². The van der Waals surface area contributed by atoms with Crippen molar-refractivity contribution in [3.8, 4) is 5.75 Å². The van der Waals surface area contributed by atoms with Crippen molar-refractivity contribution < 1.29 is 19.1 Å². The number of aromatic hydroxyl groups is 1. The van der Waals surface area contributed by atoms with Crippen molar-refractivity contribution in [1.29, 1.82) is 0 Å². The zero-order valence-electron chi connectivity index (χ0n) is 24.1. The van der Waals surface area contributed by atoms with Crippen LogP contribution in [0.4, 0.5) is 4.39 Å². The predicted molar refractivity (Wildman–Crippen MR) is 155 cm³/mol. The van der Waals surface area contributed by atoms with Gasteiger partial charge in [-0.15, -0.1) is 6.58 Å². The number of aromatic nitrogens is 2. The topological polar surface area (TPSA) is 84.2 Å². The molecule has 0 aliphatic heterocycles. The summed E-state index contributed by atoms with van der Waals surface area (Å²) in [6.45, 7) is 17.7. The fourth-order valence-corrected chi connectivity index (χ4v) is 3.52. The summed E-state index contributed by atoms with van der Waals surface area (Å²) >= 11 is 0. The third-order valence-electron chi connectivity index (χ3n) is 5.64. The van der Waals surface area contributed by atoms with Crippen molar-refractivity contribution in [1.82, 2.24) is 14.9 Å². The molecule has 1 heterocycles. The van der Waals surface area contributed by atoms with Gasteiger partial charge in [0.2, 0.25) is 5.78 Å². The Labute approximate surface area is 228 Å². The molecule has 0 saturated carbocycles. The number of rotatable bonds is 12. The first kappa shape index (κ1) is 34.5. The van der Waals surface area contributed by atoms with Crippen LogP contribution in [0.2, 0.25) is 0 Å². The number of carbonyl (C=O) groups excluding carboxylic acids is 2. The molecule has 1 unspecified atom stereocenters. The lowest BCUT2D eigenvalue weighted by Gasteiger charge is -2.21. The Morgan fingerprint density at radius 1 is 1.24 bits per heavy atom. The first-order valence-corrected chi connectivity index (χ1v) is 13.3. The molecule has 1 amide bonds. The van der Waals surface area contributed by atoms with E-state index in [1.54, 1.807) is 36.7 Å². The van der Waals surface area contributed by atoms with Gasteiger partial charge in [0.25, 0.3) is 5.91 Å². The van der Waals surface area contributed by atoms with Gasteiger partial charge in [-0.2, -0.15) is 0 Å². The van der Waals surface area contributed by atoms with Gasteiger partial charge in [-0.1, -0.05) is 58.9 Å². The Morgan fingerprint density at radius 3 is 2.45 bits per heavy atom. The molecule has 0 spiro atoms. The van der Waals surface area contributed by atoms with Crippen molar-refractivity contribution in [2.24, 2.45) is 11.8 Å². The second kappa shape index (κ2) is 19.6. The molecule has 38 heavy (non-hydrogen) atoms. The number of halogens is 1. The molecule has 2 N–H and O–H groups in total. The Morgan fingerprint density at radius 2 is 1.92 bits per heavy atom. The number of hydrogen-bond donors (Lipinski definition) is 2. The molecule has 0 aliphatic rings. The zero-order valence-corrected chi connectivity index (χ0v) is 24.1. The van der Waals surface area contributed by atoms with Crippen LogP contribution in [-0.4, -0.2) is 32.9 Å². The highest BCUT2D eigenvalue weighted by Crippen LogP contribution is 2.19. The summed E-state index contributed by atoms with van der Waals surface area (Å²) in [4.78, 5) is 26.3. The van der Waals surface area contributed by atoms with E-state index in [1.165, 1.54) is 13.8 Å². The number of carbonyl (C=O) groups is 2. The molecule has 2 aromatic rings. The van der Waals surface area contributed by atoms with Crippen molar-refractivity contribution >= 4 is 11.7 Å². The van der Waals surface area contributed by atoms with Crippen molar-refractivity contribution in [2.45, 2.75) is 74.3 Å². The molecule has 0 saturated heterocycles. The lowest BCUT2D eigenvalue weighted by Crippen LogP contribution is -2.35. The molecule has 1 aromatic heterocycles. The second-order valence-corrected chi connectivity index (χ2v) is 9.05. The van der Waals surface area contributed by atoms with E-state index >= 15 is 0 Å². The number of allylic oxidation sites excluding steroid dienone is 5. The molecule has 210 valence electrons. The Hall–Kier alpha value is -3.48. The van der Waals surface area contributed by atoms with Crippen LogP contribution in [0.15, 0.2) is 73.0 Å². The van der Waals surface area contributed by atoms with Gasteiger partial charge in [0.15, 0.2) is 0 Å². The van der Waals surface area contributed by atoms with Crippen molar-refractivity contribution in [3.05, 3.63) is 84.3 Å². The van der Waals surface area contributed by atoms with Gasteiger partial charge in [-0.25, -0.2) is 9.37 Å². The summed E-state index contributed by atoms with van der Waals surface area (Å²) in [5.41, 5.74) is 3.12. The maximum absolute atomic E-state index is 13.0. The highest BCUT2D eigenvalue weighted by molar-refractivity contribution is 6.35. The smallest absolute Gasteiger partial charge is 0.287 e. The number of phenolic OH excluding ortho intramolecular Hbond substituents is 1. The van der Waals surface area contributed by atoms with Crippen LogP contribution in [0.1, 0.15) is 66.1 Å². The van der Waals surface area contributed by atoms with E-state index in [-0.39, 0.29) is 17.5 Å². The fourth-order valence-electron chi connectivity index (χ4n) is 3.52. The molecule has 0 bridgehead atoms. The Balaban J connectivity index is 0.000000680. The largest absolute Gasteiger partial charge is 0.508 e. The second-order valence-electron chi connectivity index (χ2n) is 9.05. The van der Waals surface area contributed by atoms with E-state index < -0.39 is 11.7 Å². The first-order chi connectivity index (χ1) is 18.1. The molecule has 7 heteroatoms. The monoisotopic (exact) mass is 527 g/mol. The molecule has 6 nitrogen and oxygen atoms in total. The van der Waals surface area contributed by atoms with Crippen molar-refractivity contribution in [2.75, 3.05) is 6.54 Å². The summed E-state index contributed by atoms with van der Waals surface area (Å²) in [6, 6.07) is 7.10. The fraction of sp³-hybridized carbons (Fsp3) is 0.452. The highest BCUT2D eigenvalue weighted by Gasteiger charge is 2.17. The number of aryl methyl sites for hydroxylation is 1. The quantitative estimate of drug-likeness (QED) is 0.181. The highest BCUT2D eigenvalue weighted by atomic mass is 19.1. The van der Waals surface area contributed by atoms with E-state index in [9.17, 15) is 19.1 Å². The number of imidazole rings is 1. The third kappa shape index (κ3) is 14.3. The van der Waals surface area contributed by atoms with E-state index in [0.717, 1.165) is 36.1 Å². The van der Waals surface area contributed by atoms with Crippen LogP contribution in [0, 0.1) is 11.8 Å². The number of hydrogen-bond acceptors (Lipinski definition) is 4. The van der Waals surface area contributed by atoms with E-state index in [1.807, 2.05) is 36.8 Å². The summed E-state index contributed by atoms with van der Waals surface area (Å²) in [5.74, 6) is -0.354. The van der Waals surface area contributed by atoms with Crippen molar-refractivity contribution in [3.63, 3.8) is 0 Å². The number of benzene rings is 1. The number of ketones is 1. The lowest BCUT2D eigenvalue weighted by molar-refractivity contribution is -0.136. The van der Waals surface area contributed by atoms with Gasteiger partial charge in [0.05, 0.1) is 12.2 Å². The average Bonchev–Trinajstić information content (AvgIpc) is 3.33. The molecule has 0 radical (unpaired) electrons. The number of amides is 1. The normalized spacial score (nSPS) is 12.0. The molecular weight excluding hydrogens is 481 g/mol. The molecule has 0 fully saturated rings. The maximum atomic E-state index is 13.0. The van der Waals surface area contributed by atoms with Gasteiger partial charge in [0.1, 0.15) is 5.75 Å². The number of phenols is 1. The minimum absolute atomic E-state index is 0.182. The zero-order chi connectivity index (χ0) is 29.1. The predicted octanol–water partition coefficient (Wildman–Crippen LogP) is 6.76. The standard InChI is InChI=1S/C15H21NO3.C14H19FN2.C2H6/c1-10(2)13(9-16-15(19)11(3)17)7-12-5-4-6-14(18)8-12;1-4-6-7-13(8-12(3)15)10-17-11-16-9-14(17)5-2;1-2/h4-6,8,10,13,18H,7,9H2,1-3H3,(H,16,19);4,7-9,11H,1,5-6,10H2,2-3H3;1-2H3/b;12-8+,13-7+;. The van der Waals surface area contributed by atoms with Crippen LogP contribution >= 0.6 is 0 Å². The van der Waals surface area contributed by atoms with Crippen LogP contribution in [0.5, 0.6) is 5.75 Å². The van der Waals surface area contributed by atoms with Gasteiger partial charge < -0.3 is 15.0 Å². The average molecular weight is 528 g/mol. The van der Waals surface area contributed by atoms with E-state index in [4.69, 9.17) is 0 Å². The van der Waals surface area contributed by atoms with Crippen LogP contribution in [0.25, 0.3) is 0 Å². The molecule has 2 rings (SSSR count). The van der Waals surface area contributed by atoms with Crippen LogP contribution in [0.3, 0.4) is 0 Å². The molecule has 1 atom stereocenters. The van der Waals surface area contributed by atoms with Gasteiger partial charge >= 0.3 is 0 Å². The molecule has 1 aromatic carbocycles. The number of nitrogens with one attached hydrogen (secondary N) is 1. The summed E-state index contributed by atoms with van der Waals surface area (Å²) < 4.78 is 15.0. The summed E-state index contributed by atoms with van der Waals surface area (Å²) in [5, 5.41) is 12.1. The molecule has 0 aliphatic carbocycles. The maximum Gasteiger partial charge on any atom is 0.287 e. The SMILES string of the molecule is C=CC/C=C(\C=C(/C)F)Cn1cncc1CC.CC.CC(=O)C(=O)NCC(Cc1cccc(O)c1)C(C)C. The van der Waals surface area contributed by atoms with E-state index in [0.29, 0.717) is 19.0 Å². The van der Waals surface area contributed by atoms with Gasteiger partial charge in [-0.3, -0.25) is 9.59 Å². The van der Waals surface area contributed by atoms with E-state index in [2.05, 4.69) is 37.7 Å². The number of nitrogens with zero attached hydrogens (tertiary/aromatic N) is 2. The minimum atomic E-state index is -0.540. The first-order valence-electron chi connectivity index (χ1n) is 13.3. The summed E-state index contributed by atoms with van der Waals surface area (Å²) in [7, 11) is 0. The lowest BCUT2D eigenvalue weighted by atomic mass is 9.89. The van der Waals surface area contributed by atoms with Crippen LogP contribution in [-0.2, 0) is 29.0 Å².